The molecule has 2 aliphatic rings. The maximum absolute atomic E-state index is 14.3. The van der Waals surface area contributed by atoms with Crippen molar-refractivity contribution in [3.05, 3.63) is 107 Å². The maximum Gasteiger partial charge on any atom is 0.338 e. The first-order valence-corrected chi connectivity index (χ1v) is 12.4. The molecule has 2 amide bonds. The maximum atomic E-state index is 14.3. The van der Waals surface area contributed by atoms with Crippen LogP contribution in [0.1, 0.15) is 44.7 Å². The normalized spacial score (nSPS) is 16.7. The molecule has 37 heavy (non-hydrogen) atoms. The Bertz CT molecular complexity index is 1310. The molecule has 1 spiro atoms. The molecule has 190 valence electrons. The van der Waals surface area contributed by atoms with E-state index in [1.54, 1.807) is 70.5 Å². The number of carbonyl (C=O) groups is 3. The number of nitrogens with one attached hydrogen (secondary N) is 1. The Labute approximate surface area is 214 Å². The SMILES string of the molecule is O=C(OCc1ccccc1C(=O)N1CCC2(CC1)NCC(=O)N2Cc1ccccc1F)c1ccccc1. The monoisotopic (exact) mass is 501 g/mol. The van der Waals surface area contributed by atoms with Crippen molar-refractivity contribution in [1.82, 2.24) is 15.1 Å². The van der Waals surface area contributed by atoms with Crippen molar-refractivity contribution in [3.63, 3.8) is 0 Å². The molecule has 1 N–H and O–H groups in total. The van der Waals surface area contributed by atoms with Gasteiger partial charge in [-0.15, -0.1) is 0 Å². The molecule has 0 saturated carbocycles. The van der Waals surface area contributed by atoms with Gasteiger partial charge in [-0.1, -0.05) is 54.6 Å². The molecular weight excluding hydrogens is 473 g/mol. The van der Waals surface area contributed by atoms with Crippen LogP contribution in [0.4, 0.5) is 4.39 Å². The second-order valence-electron chi connectivity index (χ2n) is 9.35. The highest BCUT2D eigenvalue weighted by Crippen LogP contribution is 2.32. The van der Waals surface area contributed by atoms with E-state index in [9.17, 15) is 18.8 Å². The molecule has 0 aromatic heterocycles. The first kappa shape index (κ1) is 24.6. The van der Waals surface area contributed by atoms with Crippen molar-refractivity contribution >= 4 is 17.8 Å². The van der Waals surface area contributed by atoms with Gasteiger partial charge in [-0.2, -0.15) is 0 Å². The summed E-state index contributed by atoms with van der Waals surface area (Å²) in [6.45, 7) is 1.23. The van der Waals surface area contributed by atoms with Crippen molar-refractivity contribution in [3.8, 4) is 0 Å². The number of nitrogens with zero attached hydrogens (tertiary/aromatic N) is 2. The van der Waals surface area contributed by atoms with Crippen molar-refractivity contribution < 1.29 is 23.5 Å². The third-order valence-electron chi connectivity index (χ3n) is 7.17. The minimum atomic E-state index is -0.610. The van der Waals surface area contributed by atoms with Crippen LogP contribution in [0.5, 0.6) is 0 Å². The molecule has 2 aliphatic heterocycles. The summed E-state index contributed by atoms with van der Waals surface area (Å²) in [4.78, 5) is 42.0. The molecule has 7 nitrogen and oxygen atoms in total. The lowest BCUT2D eigenvalue weighted by molar-refractivity contribution is -0.132. The Hall–Kier alpha value is -4.04. The third kappa shape index (κ3) is 5.11. The van der Waals surface area contributed by atoms with Crippen molar-refractivity contribution in [2.45, 2.75) is 31.7 Å². The van der Waals surface area contributed by atoms with Crippen LogP contribution in [0.3, 0.4) is 0 Å². The zero-order valence-corrected chi connectivity index (χ0v) is 20.4. The molecule has 0 unspecified atom stereocenters. The van der Waals surface area contributed by atoms with Gasteiger partial charge in [0.25, 0.3) is 5.91 Å². The number of benzene rings is 3. The Morgan fingerprint density at radius 1 is 0.892 bits per heavy atom. The summed E-state index contributed by atoms with van der Waals surface area (Å²) in [6.07, 6.45) is 1.06. The van der Waals surface area contributed by atoms with Crippen LogP contribution in [0, 0.1) is 5.82 Å². The van der Waals surface area contributed by atoms with E-state index in [-0.39, 0.29) is 37.3 Å². The average molecular weight is 502 g/mol. The van der Waals surface area contributed by atoms with Gasteiger partial charge in [0.1, 0.15) is 12.4 Å². The summed E-state index contributed by atoms with van der Waals surface area (Å²) in [7, 11) is 0. The van der Waals surface area contributed by atoms with Crippen LogP contribution < -0.4 is 5.32 Å². The summed E-state index contributed by atoms with van der Waals surface area (Å²) in [5.41, 5.74) is 1.42. The number of halogens is 1. The smallest absolute Gasteiger partial charge is 0.338 e. The Kier molecular flexibility index (Phi) is 7.01. The minimum Gasteiger partial charge on any atom is -0.457 e. The van der Waals surface area contributed by atoms with Crippen LogP contribution in [-0.4, -0.2) is 52.9 Å². The van der Waals surface area contributed by atoms with E-state index in [0.717, 1.165) is 0 Å². The molecule has 0 atom stereocenters. The number of rotatable bonds is 6. The first-order chi connectivity index (χ1) is 18.0. The lowest BCUT2D eigenvalue weighted by Crippen LogP contribution is -2.59. The van der Waals surface area contributed by atoms with Gasteiger partial charge in [0.05, 0.1) is 24.3 Å². The van der Waals surface area contributed by atoms with Gasteiger partial charge in [0, 0.05) is 42.6 Å². The van der Waals surface area contributed by atoms with Crippen LogP contribution in [-0.2, 0) is 22.7 Å². The Balaban J connectivity index is 1.25. The Morgan fingerprint density at radius 2 is 1.54 bits per heavy atom. The number of amides is 2. The largest absolute Gasteiger partial charge is 0.457 e. The quantitative estimate of drug-likeness (QED) is 0.521. The van der Waals surface area contributed by atoms with Gasteiger partial charge < -0.3 is 14.5 Å². The average Bonchev–Trinajstić information content (AvgIpc) is 3.23. The second kappa shape index (κ2) is 10.5. The van der Waals surface area contributed by atoms with E-state index in [1.807, 2.05) is 12.1 Å². The molecule has 3 aromatic carbocycles. The summed E-state index contributed by atoms with van der Waals surface area (Å²) in [5, 5.41) is 3.33. The standard InChI is InChI=1S/C29H28FN3O4/c30-25-13-7-5-10-22(25)19-33-26(34)18-31-29(33)14-16-32(17-15-29)27(35)24-12-6-4-11-23(24)20-37-28(36)21-8-2-1-3-9-21/h1-13,31H,14-20H2. The van der Waals surface area contributed by atoms with Crippen LogP contribution >= 0.6 is 0 Å². The molecule has 2 heterocycles. The molecule has 2 saturated heterocycles. The topological polar surface area (TPSA) is 79.0 Å². The van der Waals surface area contributed by atoms with Gasteiger partial charge in [0.15, 0.2) is 0 Å². The third-order valence-corrected chi connectivity index (χ3v) is 7.17. The predicted octanol–water partition coefficient (Wildman–Crippen LogP) is 3.75. The van der Waals surface area contributed by atoms with Gasteiger partial charge in [-0.3, -0.25) is 14.9 Å². The zero-order valence-electron chi connectivity index (χ0n) is 20.4. The minimum absolute atomic E-state index is 0.0140. The van der Waals surface area contributed by atoms with Gasteiger partial charge >= 0.3 is 5.97 Å². The van der Waals surface area contributed by atoms with Gasteiger partial charge in [-0.05, 0) is 24.3 Å². The molecule has 2 fully saturated rings. The van der Waals surface area contributed by atoms with E-state index in [4.69, 9.17) is 4.74 Å². The predicted molar refractivity (Wildman–Crippen MR) is 135 cm³/mol. The van der Waals surface area contributed by atoms with Crippen LogP contribution in [0.2, 0.25) is 0 Å². The van der Waals surface area contributed by atoms with E-state index in [0.29, 0.717) is 48.2 Å². The summed E-state index contributed by atoms with van der Waals surface area (Å²) in [5.74, 6) is -1.01. The zero-order chi connectivity index (χ0) is 25.8. The van der Waals surface area contributed by atoms with E-state index >= 15 is 0 Å². The highest BCUT2D eigenvalue weighted by Gasteiger charge is 2.47. The number of carbonyl (C=O) groups excluding carboxylic acids is 3. The number of hydrogen-bond acceptors (Lipinski definition) is 5. The van der Waals surface area contributed by atoms with Crippen LogP contribution in [0.15, 0.2) is 78.9 Å². The van der Waals surface area contributed by atoms with Crippen molar-refractivity contribution in [2.75, 3.05) is 19.6 Å². The van der Waals surface area contributed by atoms with Crippen molar-refractivity contribution in [2.24, 2.45) is 0 Å². The van der Waals surface area contributed by atoms with Gasteiger partial charge in [-0.25, -0.2) is 9.18 Å². The Morgan fingerprint density at radius 3 is 2.27 bits per heavy atom. The van der Waals surface area contributed by atoms with E-state index in [2.05, 4.69) is 5.32 Å². The highest BCUT2D eigenvalue weighted by atomic mass is 19.1. The molecule has 5 rings (SSSR count). The summed E-state index contributed by atoms with van der Waals surface area (Å²) >= 11 is 0. The number of ether oxygens (including phenoxy) is 1. The number of likely N-dealkylation sites (tertiary alicyclic amines) is 1. The molecule has 8 heteroatoms. The van der Waals surface area contributed by atoms with Crippen molar-refractivity contribution in [1.29, 1.82) is 0 Å². The lowest BCUT2D eigenvalue weighted by atomic mass is 9.94. The fourth-order valence-electron chi connectivity index (χ4n) is 5.06. The molecule has 0 bridgehead atoms. The highest BCUT2D eigenvalue weighted by molar-refractivity contribution is 5.96. The molecule has 0 radical (unpaired) electrons. The first-order valence-electron chi connectivity index (χ1n) is 12.4. The van der Waals surface area contributed by atoms with Gasteiger partial charge in [0.2, 0.25) is 5.91 Å². The number of esters is 1. The van der Waals surface area contributed by atoms with E-state index < -0.39 is 11.6 Å². The fourth-order valence-corrected chi connectivity index (χ4v) is 5.06. The number of piperidine rings is 1. The van der Waals surface area contributed by atoms with E-state index in [1.165, 1.54) is 6.07 Å². The lowest BCUT2D eigenvalue weighted by Gasteiger charge is -2.44. The summed E-state index contributed by atoms with van der Waals surface area (Å²) < 4.78 is 19.8. The fraction of sp³-hybridized carbons (Fsp3) is 0.276. The number of hydrogen-bond donors (Lipinski definition) is 1. The van der Waals surface area contributed by atoms with Crippen LogP contribution in [0.25, 0.3) is 0 Å². The summed E-state index contributed by atoms with van der Waals surface area (Å²) in [6, 6.07) is 22.3. The molecule has 0 aliphatic carbocycles. The molecular formula is C29H28FN3O4. The molecule has 3 aromatic rings. The second-order valence-corrected chi connectivity index (χ2v) is 9.35.